The third kappa shape index (κ3) is 2.51. The van der Waals surface area contributed by atoms with Crippen molar-refractivity contribution in [1.29, 1.82) is 0 Å². The Balaban J connectivity index is 2.35. The molecule has 1 aromatic carbocycles. The van der Waals surface area contributed by atoms with Crippen molar-refractivity contribution in [3.8, 4) is 5.75 Å². The van der Waals surface area contributed by atoms with Gasteiger partial charge in [0, 0.05) is 6.04 Å². The largest absolute Gasteiger partial charge is 0.494 e. The van der Waals surface area contributed by atoms with Gasteiger partial charge < -0.3 is 4.74 Å². The van der Waals surface area contributed by atoms with Crippen LogP contribution in [-0.2, 0) is 4.79 Å². The van der Waals surface area contributed by atoms with Gasteiger partial charge in [0.15, 0.2) is 5.17 Å². The van der Waals surface area contributed by atoms with Crippen LogP contribution in [0, 0.1) is 0 Å². The number of hydrogen-bond donors (Lipinski definition) is 0. The van der Waals surface area contributed by atoms with Gasteiger partial charge in [-0.2, -0.15) is 0 Å². The maximum absolute atomic E-state index is 11.8. The van der Waals surface area contributed by atoms with Gasteiger partial charge >= 0.3 is 0 Å². The zero-order valence-corrected chi connectivity index (χ0v) is 11.5. The zero-order valence-electron chi connectivity index (χ0n) is 10.7. The van der Waals surface area contributed by atoms with Crippen molar-refractivity contribution in [1.82, 2.24) is 4.90 Å². The molecule has 0 radical (unpaired) electrons. The van der Waals surface area contributed by atoms with Gasteiger partial charge in [0.2, 0.25) is 5.91 Å². The number of amidine groups is 1. The molecule has 1 saturated heterocycles. The quantitative estimate of drug-likeness (QED) is 0.843. The highest BCUT2D eigenvalue weighted by Crippen LogP contribution is 2.31. The number of hydrogen-bond acceptors (Lipinski definition) is 4. The zero-order chi connectivity index (χ0) is 13.1. The number of carbonyl (C=O) groups excluding carboxylic acids is 1. The maximum atomic E-state index is 11.8. The van der Waals surface area contributed by atoms with E-state index in [-0.39, 0.29) is 11.9 Å². The third-order valence-electron chi connectivity index (χ3n) is 2.62. The number of ether oxygens (including phenoxy) is 1. The number of methoxy groups -OCH3 is 1. The van der Waals surface area contributed by atoms with Gasteiger partial charge in [0.25, 0.3) is 0 Å². The van der Waals surface area contributed by atoms with Crippen molar-refractivity contribution in [2.75, 3.05) is 12.9 Å². The molecule has 0 atom stereocenters. The van der Waals surface area contributed by atoms with Crippen molar-refractivity contribution < 1.29 is 9.53 Å². The van der Waals surface area contributed by atoms with Gasteiger partial charge in [0.05, 0.1) is 12.9 Å². The van der Waals surface area contributed by atoms with Crippen LogP contribution in [-0.4, -0.2) is 34.9 Å². The average Bonchev–Trinajstić information content (AvgIpc) is 2.71. The molecule has 0 aliphatic carbocycles. The summed E-state index contributed by atoms with van der Waals surface area (Å²) in [6.07, 6.45) is 0. The number of carbonyl (C=O) groups is 1. The van der Waals surface area contributed by atoms with Crippen LogP contribution in [0.25, 0.3) is 0 Å². The number of benzene rings is 1. The minimum absolute atomic E-state index is 0.114. The smallest absolute Gasteiger partial charge is 0.239 e. The fraction of sp³-hybridized carbons (Fsp3) is 0.385. The first-order valence-electron chi connectivity index (χ1n) is 5.80. The van der Waals surface area contributed by atoms with Gasteiger partial charge in [0.1, 0.15) is 11.4 Å². The van der Waals surface area contributed by atoms with Crippen molar-refractivity contribution in [2.45, 2.75) is 19.9 Å². The van der Waals surface area contributed by atoms with E-state index in [9.17, 15) is 4.79 Å². The number of aliphatic imine (C=N–C) groups is 1. The van der Waals surface area contributed by atoms with E-state index in [1.807, 2.05) is 38.1 Å². The summed E-state index contributed by atoms with van der Waals surface area (Å²) in [6.45, 7) is 3.98. The molecule has 0 aromatic heterocycles. The Morgan fingerprint density at radius 2 is 2.11 bits per heavy atom. The average molecular weight is 264 g/mol. The lowest BCUT2D eigenvalue weighted by Gasteiger charge is -2.20. The van der Waals surface area contributed by atoms with Crippen molar-refractivity contribution >= 4 is 28.5 Å². The van der Waals surface area contributed by atoms with Crippen LogP contribution in [0.2, 0.25) is 0 Å². The predicted octanol–water partition coefficient (Wildman–Crippen LogP) is 2.67. The van der Waals surface area contributed by atoms with E-state index in [4.69, 9.17) is 4.74 Å². The number of nitrogens with zero attached hydrogens (tertiary/aromatic N) is 2. The third-order valence-corrected chi connectivity index (χ3v) is 3.55. The van der Waals surface area contributed by atoms with Gasteiger partial charge in [-0.05, 0) is 26.0 Å². The van der Waals surface area contributed by atoms with E-state index in [2.05, 4.69) is 4.99 Å². The molecule has 5 heteroatoms. The second-order valence-corrected chi connectivity index (χ2v) is 5.15. The first kappa shape index (κ1) is 13.0. The van der Waals surface area contributed by atoms with E-state index < -0.39 is 0 Å². The standard InChI is InChI=1S/C13H16N2O2S/c1-9(2)15-12(16)8-18-13(15)14-10-6-4-5-7-11(10)17-3/h4-7,9H,8H2,1-3H3. The highest BCUT2D eigenvalue weighted by molar-refractivity contribution is 8.15. The Kier molecular flexibility index (Phi) is 3.91. The van der Waals surface area contributed by atoms with Gasteiger partial charge in [-0.25, -0.2) is 4.99 Å². The van der Waals surface area contributed by atoms with Crippen LogP contribution in [0.4, 0.5) is 5.69 Å². The van der Waals surface area contributed by atoms with Gasteiger partial charge in [-0.15, -0.1) is 0 Å². The molecule has 1 heterocycles. The van der Waals surface area contributed by atoms with Crippen LogP contribution in [0.1, 0.15) is 13.8 Å². The summed E-state index contributed by atoms with van der Waals surface area (Å²) < 4.78 is 5.26. The van der Waals surface area contributed by atoms with Gasteiger partial charge in [-0.1, -0.05) is 23.9 Å². The molecule has 1 aliphatic heterocycles. The molecule has 18 heavy (non-hydrogen) atoms. The molecular formula is C13H16N2O2S. The van der Waals surface area contributed by atoms with Crippen LogP contribution in [0.15, 0.2) is 29.3 Å². The lowest BCUT2D eigenvalue weighted by atomic mass is 10.3. The summed E-state index contributed by atoms with van der Waals surface area (Å²) in [5.74, 6) is 1.30. The first-order valence-corrected chi connectivity index (χ1v) is 6.78. The minimum atomic E-state index is 0.114. The molecule has 96 valence electrons. The van der Waals surface area contributed by atoms with E-state index in [0.717, 1.165) is 10.9 Å². The second-order valence-electron chi connectivity index (χ2n) is 4.21. The summed E-state index contributed by atoms with van der Waals surface area (Å²) in [6, 6.07) is 7.67. The molecule has 1 aromatic rings. The van der Waals surface area contributed by atoms with Crippen molar-refractivity contribution in [3.05, 3.63) is 24.3 Å². The number of thioether (sulfide) groups is 1. The lowest BCUT2D eigenvalue weighted by molar-refractivity contribution is -0.125. The maximum Gasteiger partial charge on any atom is 0.239 e. The molecule has 0 N–H and O–H groups in total. The monoisotopic (exact) mass is 264 g/mol. The summed E-state index contributed by atoms with van der Waals surface area (Å²) in [5.41, 5.74) is 0.753. The minimum Gasteiger partial charge on any atom is -0.494 e. The Morgan fingerprint density at radius 1 is 1.39 bits per heavy atom. The second kappa shape index (κ2) is 5.44. The molecule has 0 spiro atoms. The lowest BCUT2D eigenvalue weighted by Crippen LogP contribution is -2.35. The van der Waals surface area contributed by atoms with Crippen molar-refractivity contribution in [3.63, 3.8) is 0 Å². The topological polar surface area (TPSA) is 41.9 Å². The van der Waals surface area contributed by atoms with E-state index in [0.29, 0.717) is 11.5 Å². The van der Waals surface area contributed by atoms with E-state index in [1.54, 1.807) is 12.0 Å². The summed E-state index contributed by atoms with van der Waals surface area (Å²) in [7, 11) is 1.62. The SMILES string of the molecule is COc1ccccc1N=C1SCC(=O)N1C(C)C. The predicted molar refractivity (Wildman–Crippen MR) is 74.5 cm³/mol. The fourth-order valence-electron chi connectivity index (χ4n) is 1.79. The fourth-order valence-corrected chi connectivity index (χ4v) is 2.80. The molecule has 2 rings (SSSR count). The Morgan fingerprint density at radius 3 is 2.78 bits per heavy atom. The number of rotatable bonds is 3. The highest BCUT2D eigenvalue weighted by atomic mass is 32.2. The summed E-state index contributed by atoms with van der Waals surface area (Å²) >= 11 is 1.47. The Labute approximate surface area is 111 Å². The first-order chi connectivity index (χ1) is 8.63. The van der Waals surface area contributed by atoms with Crippen LogP contribution < -0.4 is 4.74 Å². The summed E-state index contributed by atoms with van der Waals surface area (Å²) in [5, 5.41) is 0.750. The molecule has 0 bridgehead atoms. The van der Waals surface area contributed by atoms with Crippen LogP contribution in [0.5, 0.6) is 5.75 Å². The van der Waals surface area contributed by atoms with Gasteiger partial charge in [-0.3, -0.25) is 9.69 Å². The normalized spacial score (nSPS) is 17.9. The Bertz CT molecular complexity index is 486. The molecule has 4 nitrogen and oxygen atoms in total. The molecule has 0 unspecified atom stereocenters. The van der Waals surface area contributed by atoms with E-state index in [1.165, 1.54) is 11.8 Å². The molecular weight excluding hydrogens is 248 g/mol. The Hall–Kier alpha value is -1.49. The number of amides is 1. The molecule has 1 aliphatic rings. The summed E-state index contributed by atoms with van der Waals surface area (Å²) in [4.78, 5) is 18.0. The highest BCUT2D eigenvalue weighted by Gasteiger charge is 2.30. The molecule has 1 amide bonds. The van der Waals surface area contributed by atoms with Crippen molar-refractivity contribution in [2.24, 2.45) is 4.99 Å². The van der Waals surface area contributed by atoms with E-state index >= 15 is 0 Å². The number of para-hydroxylation sites is 2. The van der Waals surface area contributed by atoms with Crippen LogP contribution in [0.3, 0.4) is 0 Å². The van der Waals surface area contributed by atoms with Crippen LogP contribution >= 0.6 is 11.8 Å². The molecule has 0 saturated carbocycles. The molecule has 1 fully saturated rings.